The average molecular weight is 266 g/mol. The van der Waals surface area contributed by atoms with E-state index in [0.717, 1.165) is 29.0 Å². The van der Waals surface area contributed by atoms with Crippen molar-refractivity contribution in [3.63, 3.8) is 0 Å². The van der Waals surface area contributed by atoms with E-state index in [-0.39, 0.29) is 5.92 Å². The number of imidazole rings is 1. The number of nitrogens with zero attached hydrogens (tertiary/aromatic N) is 3. The molecule has 0 fully saturated rings. The van der Waals surface area contributed by atoms with Crippen LogP contribution in [0.3, 0.4) is 0 Å². The maximum atomic E-state index is 5.96. The van der Waals surface area contributed by atoms with E-state index in [4.69, 9.17) is 10.7 Å². The summed E-state index contributed by atoms with van der Waals surface area (Å²) in [6.07, 6.45) is 2.63. The molecule has 1 unspecified atom stereocenters. The Kier molecular flexibility index (Phi) is 3.48. The van der Waals surface area contributed by atoms with Crippen LogP contribution < -0.4 is 5.73 Å². The lowest BCUT2D eigenvalue weighted by atomic mass is 10.0. The lowest BCUT2D eigenvalue weighted by Gasteiger charge is -2.14. The number of rotatable bonds is 4. The summed E-state index contributed by atoms with van der Waals surface area (Å²) in [6.45, 7) is 0.563. The van der Waals surface area contributed by atoms with E-state index in [9.17, 15) is 0 Å². The standard InChI is InChI=1S/C16H18N4/c1-20-15-8-3-2-7-14(15)19-16(20)12(11-17)10-13-6-4-5-9-18-13/h2-9,12H,10-11,17H2,1H3. The van der Waals surface area contributed by atoms with Crippen LogP contribution in [0.25, 0.3) is 11.0 Å². The molecule has 1 atom stereocenters. The zero-order valence-electron chi connectivity index (χ0n) is 11.5. The molecule has 102 valence electrons. The van der Waals surface area contributed by atoms with Crippen molar-refractivity contribution in [1.29, 1.82) is 0 Å². The summed E-state index contributed by atoms with van der Waals surface area (Å²) in [5.41, 5.74) is 9.17. The van der Waals surface area contributed by atoms with E-state index >= 15 is 0 Å². The number of fused-ring (bicyclic) bond motifs is 1. The van der Waals surface area contributed by atoms with Gasteiger partial charge in [0.05, 0.1) is 11.0 Å². The molecule has 4 heteroatoms. The van der Waals surface area contributed by atoms with Gasteiger partial charge in [-0.05, 0) is 24.3 Å². The van der Waals surface area contributed by atoms with Gasteiger partial charge in [-0.25, -0.2) is 4.98 Å². The third kappa shape index (κ3) is 2.30. The quantitative estimate of drug-likeness (QED) is 0.788. The third-order valence-corrected chi connectivity index (χ3v) is 3.65. The number of aromatic nitrogens is 3. The van der Waals surface area contributed by atoms with Gasteiger partial charge in [0.15, 0.2) is 0 Å². The molecule has 0 amide bonds. The number of hydrogen-bond acceptors (Lipinski definition) is 3. The molecule has 1 aromatic carbocycles. The second kappa shape index (κ2) is 5.43. The van der Waals surface area contributed by atoms with E-state index in [2.05, 4.69) is 15.6 Å². The fourth-order valence-electron chi connectivity index (χ4n) is 2.58. The number of hydrogen-bond donors (Lipinski definition) is 1. The molecule has 2 heterocycles. The average Bonchev–Trinajstić information content (AvgIpc) is 2.83. The Morgan fingerprint density at radius 2 is 1.95 bits per heavy atom. The maximum Gasteiger partial charge on any atom is 0.114 e. The number of aryl methyl sites for hydroxylation is 1. The summed E-state index contributed by atoms with van der Waals surface area (Å²) < 4.78 is 2.13. The minimum Gasteiger partial charge on any atom is -0.331 e. The largest absolute Gasteiger partial charge is 0.331 e. The first-order chi connectivity index (χ1) is 9.79. The maximum absolute atomic E-state index is 5.96. The van der Waals surface area contributed by atoms with Crippen molar-refractivity contribution in [2.45, 2.75) is 12.3 Å². The van der Waals surface area contributed by atoms with Crippen LogP contribution >= 0.6 is 0 Å². The van der Waals surface area contributed by atoms with Gasteiger partial charge in [-0.1, -0.05) is 18.2 Å². The summed E-state index contributed by atoms with van der Waals surface area (Å²) >= 11 is 0. The Hall–Kier alpha value is -2.20. The highest BCUT2D eigenvalue weighted by atomic mass is 15.1. The van der Waals surface area contributed by atoms with Crippen LogP contribution in [-0.4, -0.2) is 21.1 Å². The molecule has 3 rings (SSSR count). The van der Waals surface area contributed by atoms with Crippen molar-refractivity contribution in [1.82, 2.24) is 14.5 Å². The number of nitrogens with two attached hydrogens (primary N) is 1. The van der Waals surface area contributed by atoms with Gasteiger partial charge in [0.25, 0.3) is 0 Å². The van der Waals surface area contributed by atoms with E-state index in [1.807, 2.05) is 49.6 Å². The van der Waals surface area contributed by atoms with Crippen molar-refractivity contribution < 1.29 is 0 Å². The van der Waals surface area contributed by atoms with E-state index in [1.54, 1.807) is 0 Å². The summed E-state index contributed by atoms with van der Waals surface area (Å²) in [5, 5.41) is 0. The van der Waals surface area contributed by atoms with Gasteiger partial charge in [0.2, 0.25) is 0 Å². The van der Waals surface area contributed by atoms with Crippen LogP contribution in [0.1, 0.15) is 17.4 Å². The topological polar surface area (TPSA) is 56.7 Å². The van der Waals surface area contributed by atoms with Gasteiger partial charge in [-0.2, -0.15) is 0 Å². The number of benzene rings is 1. The molecule has 0 saturated carbocycles. The third-order valence-electron chi connectivity index (χ3n) is 3.65. The molecule has 0 spiro atoms. The van der Waals surface area contributed by atoms with Gasteiger partial charge in [-0.3, -0.25) is 4.98 Å². The minimum absolute atomic E-state index is 0.183. The molecular weight excluding hydrogens is 248 g/mol. The van der Waals surface area contributed by atoms with E-state index < -0.39 is 0 Å². The molecule has 0 bridgehead atoms. The van der Waals surface area contributed by atoms with E-state index in [0.29, 0.717) is 6.54 Å². The Bertz CT molecular complexity index is 703. The van der Waals surface area contributed by atoms with Crippen LogP contribution in [0, 0.1) is 0 Å². The summed E-state index contributed by atoms with van der Waals surface area (Å²) in [5.74, 6) is 1.21. The first-order valence-electron chi connectivity index (χ1n) is 6.81. The smallest absolute Gasteiger partial charge is 0.114 e. The number of pyridine rings is 1. The molecule has 0 saturated heterocycles. The zero-order chi connectivity index (χ0) is 13.9. The van der Waals surface area contributed by atoms with Crippen molar-refractivity contribution in [3.05, 3.63) is 60.2 Å². The fourth-order valence-corrected chi connectivity index (χ4v) is 2.58. The molecule has 0 radical (unpaired) electrons. The monoisotopic (exact) mass is 266 g/mol. The van der Waals surface area contributed by atoms with Crippen LogP contribution in [0.15, 0.2) is 48.7 Å². The van der Waals surface area contributed by atoms with Crippen LogP contribution in [0.5, 0.6) is 0 Å². The van der Waals surface area contributed by atoms with Crippen LogP contribution in [-0.2, 0) is 13.5 Å². The van der Waals surface area contributed by atoms with Gasteiger partial charge in [0.1, 0.15) is 5.82 Å². The fraction of sp³-hybridized carbons (Fsp3) is 0.250. The molecule has 0 aliphatic carbocycles. The summed E-state index contributed by atoms with van der Waals surface area (Å²) in [7, 11) is 2.05. The zero-order valence-corrected chi connectivity index (χ0v) is 11.5. The van der Waals surface area contributed by atoms with Gasteiger partial charge in [-0.15, -0.1) is 0 Å². The van der Waals surface area contributed by atoms with Crippen molar-refractivity contribution >= 4 is 11.0 Å². The molecule has 3 aromatic rings. The van der Waals surface area contributed by atoms with Crippen molar-refractivity contribution in [2.75, 3.05) is 6.54 Å². The first-order valence-corrected chi connectivity index (χ1v) is 6.81. The van der Waals surface area contributed by atoms with E-state index in [1.165, 1.54) is 0 Å². The molecule has 0 aliphatic rings. The molecule has 2 aromatic heterocycles. The Labute approximate surface area is 118 Å². The van der Waals surface area contributed by atoms with Crippen molar-refractivity contribution in [3.8, 4) is 0 Å². The highest BCUT2D eigenvalue weighted by Gasteiger charge is 2.18. The second-order valence-electron chi connectivity index (χ2n) is 4.98. The molecule has 4 nitrogen and oxygen atoms in total. The lowest BCUT2D eigenvalue weighted by molar-refractivity contribution is 0.615. The SMILES string of the molecule is Cn1c(C(CN)Cc2ccccn2)nc2ccccc21. The van der Waals surface area contributed by atoms with Crippen molar-refractivity contribution in [2.24, 2.45) is 12.8 Å². The van der Waals surface area contributed by atoms with Crippen LogP contribution in [0.2, 0.25) is 0 Å². The summed E-state index contributed by atoms with van der Waals surface area (Å²) in [6, 6.07) is 14.1. The molecular formula is C16H18N4. The predicted molar refractivity (Wildman–Crippen MR) is 80.5 cm³/mol. The molecule has 2 N–H and O–H groups in total. The summed E-state index contributed by atoms with van der Waals surface area (Å²) in [4.78, 5) is 9.12. The highest BCUT2D eigenvalue weighted by molar-refractivity contribution is 5.75. The molecule has 20 heavy (non-hydrogen) atoms. The Morgan fingerprint density at radius 3 is 2.65 bits per heavy atom. The van der Waals surface area contributed by atoms with Gasteiger partial charge in [0, 0.05) is 37.8 Å². The lowest BCUT2D eigenvalue weighted by Crippen LogP contribution is -2.19. The second-order valence-corrected chi connectivity index (χ2v) is 4.98. The highest BCUT2D eigenvalue weighted by Crippen LogP contribution is 2.22. The normalized spacial score (nSPS) is 12.7. The predicted octanol–water partition coefficient (Wildman–Crippen LogP) is 2.25. The van der Waals surface area contributed by atoms with Gasteiger partial charge >= 0.3 is 0 Å². The van der Waals surface area contributed by atoms with Crippen LogP contribution in [0.4, 0.5) is 0 Å². The Morgan fingerprint density at radius 1 is 1.15 bits per heavy atom. The minimum atomic E-state index is 0.183. The first kappa shape index (κ1) is 12.8. The van der Waals surface area contributed by atoms with Gasteiger partial charge < -0.3 is 10.3 Å². The number of para-hydroxylation sites is 2. The molecule has 0 aliphatic heterocycles. The Balaban J connectivity index is 1.97.